The monoisotopic (exact) mass is 264 g/mol. The number of carbonyl (C=O) groups excluding carboxylic acids is 1. The predicted octanol–water partition coefficient (Wildman–Crippen LogP) is 1.98. The quantitative estimate of drug-likeness (QED) is 0.873. The number of carbonyl (C=O) groups is 2. The lowest BCUT2D eigenvalue weighted by molar-refractivity contribution is -0.138. The Morgan fingerprint density at radius 1 is 1.58 bits per heavy atom. The number of aromatic nitrogens is 1. The summed E-state index contributed by atoms with van der Waals surface area (Å²) < 4.78 is 0. The van der Waals surface area contributed by atoms with Crippen LogP contribution >= 0.6 is 0 Å². The van der Waals surface area contributed by atoms with Crippen LogP contribution in [0.1, 0.15) is 36.7 Å². The molecule has 1 aliphatic rings. The summed E-state index contributed by atoms with van der Waals surface area (Å²) in [6, 6.07) is 3.58. The first-order valence-corrected chi connectivity index (χ1v) is 6.72. The fourth-order valence-corrected chi connectivity index (χ4v) is 2.73. The van der Waals surface area contributed by atoms with Crippen molar-refractivity contribution in [2.45, 2.75) is 26.2 Å². The van der Waals surface area contributed by atoms with Gasteiger partial charge in [-0.1, -0.05) is 6.92 Å². The largest absolute Gasteiger partial charge is 0.481 e. The van der Waals surface area contributed by atoms with Crippen LogP contribution in [0.15, 0.2) is 18.3 Å². The van der Waals surface area contributed by atoms with Crippen molar-refractivity contribution in [2.24, 2.45) is 11.8 Å². The number of nitrogens with one attached hydrogen (secondary N) is 1. The molecule has 1 aliphatic heterocycles. The van der Waals surface area contributed by atoms with Crippen LogP contribution in [0.2, 0.25) is 0 Å². The Labute approximate surface area is 112 Å². The molecule has 1 aromatic heterocycles. The molecule has 1 saturated heterocycles. The van der Waals surface area contributed by atoms with E-state index in [9.17, 15) is 9.59 Å². The van der Waals surface area contributed by atoms with Crippen LogP contribution in [-0.4, -0.2) is 40.0 Å². The van der Waals surface area contributed by atoms with Gasteiger partial charge in [0.05, 0.1) is 0 Å². The van der Waals surface area contributed by atoms with Crippen LogP contribution in [0.4, 0.5) is 0 Å². The summed E-state index contributed by atoms with van der Waals surface area (Å²) in [5, 5.41) is 8.85. The summed E-state index contributed by atoms with van der Waals surface area (Å²) in [6.07, 6.45) is 3.86. The third kappa shape index (κ3) is 3.36. The van der Waals surface area contributed by atoms with E-state index in [0.29, 0.717) is 12.2 Å². The average molecular weight is 264 g/mol. The fraction of sp³-hybridized carbons (Fsp3) is 0.571. The number of amides is 1. The van der Waals surface area contributed by atoms with Crippen molar-refractivity contribution in [2.75, 3.05) is 13.1 Å². The van der Waals surface area contributed by atoms with Gasteiger partial charge in [-0.25, -0.2) is 0 Å². The number of rotatable bonds is 4. The van der Waals surface area contributed by atoms with E-state index < -0.39 is 5.97 Å². The minimum absolute atomic E-state index is 0.0113. The van der Waals surface area contributed by atoms with E-state index in [1.165, 1.54) is 0 Å². The van der Waals surface area contributed by atoms with Crippen molar-refractivity contribution < 1.29 is 14.7 Å². The lowest BCUT2D eigenvalue weighted by atomic mass is 9.84. The zero-order chi connectivity index (χ0) is 13.8. The zero-order valence-electron chi connectivity index (χ0n) is 11.1. The van der Waals surface area contributed by atoms with Crippen LogP contribution in [-0.2, 0) is 4.79 Å². The van der Waals surface area contributed by atoms with Gasteiger partial charge in [0, 0.05) is 25.7 Å². The molecular formula is C14H20N2O3. The van der Waals surface area contributed by atoms with Crippen molar-refractivity contribution in [3.05, 3.63) is 24.0 Å². The second kappa shape index (κ2) is 5.91. The summed E-state index contributed by atoms with van der Waals surface area (Å²) in [7, 11) is 0. The summed E-state index contributed by atoms with van der Waals surface area (Å²) in [6.45, 7) is 3.38. The molecular weight excluding hydrogens is 244 g/mol. The van der Waals surface area contributed by atoms with E-state index >= 15 is 0 Å². The molecule has 2 atom stereocenters. The molecule has 0 spiro atoms. The molecule has 19 heavy (non-hydrogen) atoms. The van der Waals surface area contributed by atoms with E-state index in [0.717, 1.165) is 19.4 Å². The Morgan fingerprint density at radius 2 is 2.37 bits per heavy atom. The molecule has 2 N–H and O–H groups in total. The van der Waals surface area contributed by atoms with Crippen molar-refractivity contribution in [1.82, 2.24) is 9.88 Å². The Kier molecular flexibility index (Phi) is 4.24. The second-order valence-corrected chi connectivity index (χ2v) is 5.31. The van der Waals surface area contributed by atoms with Crippen LogP contribution in [0.5, 0.6) is 0 Å². The van der Waals surface area contributed by atoms with E-state index in [2.05, 4.69) is 4.98 Å². The first kappa shape index (κ1) is 13.6. The Bertz CT molecular complexity index is 442. The van der Waals surface area contributed by atoms with Gasteiger partial charge in [0.15, 0.2) is 0 Å². The maximum absolute atomic E-state index is 12.2. The highest BCUT2D eigenvalue weighted by atomic mass is 16.4. The molecule has 1 fully saturated rings. The number of aliphatic carboxylic acids is 1. The highest BCUT2D eigenvalue weighted by Crippen LogP contribution is 2.26. The number of aromatic amines is 1. The molecule has 104 valence electrons. The molecule has 5 heteroatoms. The normalized spacial score (nSPS) is 21.1. The molecule has 0 radical (unpaired) electrons. The molecule has 1 aromatic rings. The lowest BCUT2D eigenvalue weighted by Crippen LogP contribution is -2.42. The van der Waals surface area contributed by atoms with Gasteiger partial charge < -0.3 is 15.0 Å². The van der Waals surface area contributed by atoms with Crippen LogP contribution < -0.4 is 0 Å². The van der Waals surface area contributed by atoms with E-state index in [1.54, 1.807) is 12.3 Å². The third-order valence-electron chi connectivity index (χ3n) is 3.87. The summed E-state index contributed by atoms with van der Waals surface area (Å²) in [5.41, 5.74) is 0.603. The molecule has 2 unspecified atom stereocenters. The standard InChI is InChI=1S/C14H20N2O3/c1-10(8-13(17)18)11-4-3-7-16(9-11)14(19)12-5-2-6-15-12/h2,5-6,10-11,15H,3-4,7-9H2,1H3,(H,17,18). The van der Waals surface area contributed by atoms with E-state index in [-0.39, 0.29) is 24.2 Å². The van der Waals surface area contributed by atoms with Gasteiger partial charge in [0.2, 0.25) is 0 Å². The highest BCUT2D eigenvalue weighted by molar-refractivity contribution is 5.92. The molecule has 0 aliphatic carbocycles. The van der Waals surface area contributed by atoms with Gasteiger partial charge in [0.25, 0.3) is 5.91 Å². The van der Waals surface area contributed by atoms with Crippen LogP contribution in [0.25, 0.3) is 0 Å². The smallest absolute Gasteiger partial charge is 0.303 e. The Morgan fingerprint density at radius 3 is 3.00 bits per heavy atom. The number of nitrogens with zero attached hydrogens (tertiary/aromatic N) is 1. The number of carboxylic acids is 1. The topological polar surface area (TPSA) is 73.4 Å². The second-order valence-electron chi connectivity index (χ2n) is 5.31. The molecule has 0 bridgehead atoms. The number of hydrogen-bond donors (Lipinski definition) is 2. The van der Waals surface area contributed by atoms with Gasteiger partial charge >= 0.3 is 5.97 Å². The first-order valence-electron chi connectivity index (χ1n) is 6.72. The molecule has 0 saturated carbocycles. The number of H-pyrrole nitrogens is 1. The third-order valence-corrected chi connectivity index (χ3v) is 3.87. The molecule has 5 nitrogen and oxygen atoms in total. The van der Waals surface area contributed by atoms with Crippen molar-refractivity contribution in [1.29, 1.82) is 0 Å². The zero-order valence-corrected chi connectivity index (χ0v) is 11.1. The molecule has 0 aromatic carbocycles. The van der Waals surface area contributed by atoms with Gasteiger partial charge in [-0.15, -0.1) is 0 Å². The first-order chi connectivity index (χ1) is 9.08. The highest BCUT2D eigenvalue weighted by Gasteiger charge is 2.29. The number of piperidine rings is 1. The summed E-state index contributed by atoms with van der Waals surface area (Å²) in [5.74, 6) is -0.363. The van der Waals surface area contributed by atoms with E-state index in [4.69, 9.17) is 5.11 Å². The van der Waals surface area contributed by atoms with Gasteiger partial charge in [-0.2, -0.15) is 0 Å². The maximum Gasteiger partial charge on any atom is 0.303 e. The minimum Gasteiger partial charge on any atom is -0.481 e. The average Bonchev–Trinajstić information content (AvgIpc) is 2.91. The number of carboxylic acid groups (broad SMARTS) is 1. The Balaban J connectivity index is 1.97. The summed E-state index contributed by atoms with van der Waals surface area (Å²) >= 11 is 0. The molecule has 2 heterocycles. The van der Waals surface area contributed by atoms with E-state index in [1.807, 2.05) is 17.9 Å². The number of hydrogen-bond acceptors (Lipinski definition) is 2. The van der Waals surface area contributed by atoms with Crippen molar-refractivity contribution >= 4 is 11.9 Å². The van der Waals surface area contributed by atoms with Gasteiger partial charge in [-0.3, -0.25) is 9.59 Å². The van der Waals surface area contributed by atoms with Crippen LogP contribution in [0, 0.1) is 11.8 Å². The molecule has 2 rings (SSSR count). The van der Waals surface area contributed by atoms with Crippen molar-refractivity contribution in [3.63, 3.8) is 0 Å². The predicted molar refractivity (Wildman–Crippen MR) is 70.8 cm³/mol. The van der Waals surface area contributed by atoms with Gasteiger partial charge in [0.1, 0.15) is 5.69 Å². The SMILES string of the molecule is CC(CC(=O)O)C1CCCN(C(=O)c2ccc[nH]2)C1. The molecule has 1 amide bonds. The van der Waals surface area contributed by atoms with Crippen molar-refractivity contribution in [3.8, 4) is 0 Å². The fourth-order valence-electron chi connectivity index (χ4n) is 2.73. The maximum atomic E-state index is 12.2. The Hall–Kier alpha value is -1.78. The number of likely N-dealkylation sites (tertiary alicyclic amines) is 1. The summed E-state index contributed by atoms with van der Waals surface area (Å²) in [4.78, 5) is 27.8. The lowest BCUT2D eigenvalue weighted by Gasteiger charge is -2.35. The minimum atomic E-state index is -0.764. The van der Waals surface area contributed by atoms with Gasteiger partial charge in [-0.05, 0) is 36.8 Å². The van der Waals surface area contributed by atoms with Crippen LogP contribution in [0.3, 0.4) is 0 Å².